The summed E-state index contributed by atoms with van der Waals surface area (Å²) < 4.78 is 0. The first-order chi connectivity index (χ1) is 8.06. The van der Waals surface area contributed by atoms with Gasteiger partial charge in [0, 0.05) is 19.5 Å². The van der Waals surface area contributed by atoms with Crippen molar-refractivity contribution >= 4 is 11.9 Å². The third-order valence-electron chi connectivity index (χ3n) is 3.80. The summed E-state index contributed by atoms with van der Waals surface area (Å²) >= 11 is 0. The number of aliphatic hydroxyl groups excluding tert-OH is 1. The zero-order chi connectivity index (χ0) is 12.4. The molecule has 3 unspecified atom stereocenters. The van der Waals surface area contributed by atoms with Gasteiger partial charge in [0.15, 0.2) is 0 Å². The summed E-state index contributed by atoms with van der Waals surface area (Å²) in [5.74, 6) is -1.16. The zero-order valence-electron chi connectivity index (χ0n) is 9.84. The molecule has 0 bridgehead atoms. The van der Waals surface area contributed by atoms with Gasteiger partial charge in [0.25, 0.3) is 0 Å². The maximum absolute atomic E-state index is 11.6. The van der Waals surface area contributed by atoms with Crippen LogP contribution in [0.2, 0.25) is 0 Å². The molecule has 2 fully saturated rings. The molecule has 5 nitrogen and oxygen atoms in total. The first-order valence-electron chi connectivity index (χ1n) is 6.25. The molecule has 1 aliphatic heterocycles. The average Bonchev–Trinajstić information content (AvgIpc) is 2.61. The first kappa shape index (κ1) is 12.4. The Morgan fingerprint density at radius 2 is 2.18 bits per heavy atom. The van der Waals surface area contributed by atoms with Crippen molar-refractivity contribution in [2.24, 2.45) is 11.8 Å². The second kappa shape index (κ2) is 5.04. The SMILES string of the molecule is O=C(O)C1CC(=O)N(CC2CCCC(O)C2)C1. The second-order valence-electron chi connectivity index (χ2n) is 5.22. The largest absolute Gasteiger partial charge is 0.481 e. The van der Waals surface area contributed by atoms with Crippen molar-refractivity contribution in [2.75, 3.05) is 13.1 Å². The Balaban J connectivity index is 1.86. The van der Waals surface area contributed by atoms with E-state index in [1.54, 1.807) is 4.90 Å². The highest BCUT2D eigenvalue weighted by molar-refractivity contribution is 5.86. The van der Waals surface area contributed by atoms with Crippen LogP contribution in [0, 0.1) is 11.8 Å². The number of hydrogen-bond donors (Lipinski definition) is 2. The van der Waals surface area contributed by atoms with Crippen LogP contribution in [0.1, 0.15) is 32.1 Å². The number of aliphatic carboxylic acids is 1. The van der Waals surface area contributed by atoms with Gasteiger partial charge in [-0.2, -0.15) is 0 Å². The van der Waals surface area contributed by atoms with Crippen LogP contribution in [0.4, 0.5) is 0 Å². The molecule has 5 heteroatoms. The van der Waals surface area contributed by atoms with Crippen molar-refractivity contribution in [3.63, 3.8) is 0 Å². The fourth-order valence-electron chi connectivity index (χ4n) is 2.85. The van der Waals surface area contributed by atoms with E-state index in [0.29, 0.717) is 19.0 Å². The minimum atomic E-state index is -0.885. The number of aliphatic hydroxyl groups is 1. The van der Waals surface area contributed by atoms with E-state index in [-0.39, 0.29) is 18.4 Å². The summed E-state index contributed by atoms with van der Waals surface area (Å²) in [4.78, 5) is 24.1. The molecule has 1 amide bonds. The third kappa shape index (κ3) is 2.97. The van der Waals surface area contributed by atoms with E-state index in [2.05, 4.69) is 0 Å². The lowest BCUT2D eigenvalue weighted by molar-refractivity contribution is -0.141. The van der Waals surface area contributed by atoms with Gasteiger partial charge in [0.05, 0.1) is 12.0 Å². The highest BCUT2D eigenvalue weighted by Crippen LogP contribution is 2.27. The van der Waals surface area contributed by atoms with Crippen LogP contribution in [0.15, 0.2) is 0 Å². The van der Waals surface area contributed by atoms with E-state index in [1.165, 1.54) is 0 Å². The van der Waals surface area contributed by atoms with E-state index in [1.807, 2.05) is 0 Å². The molecule has 17 heavy (non-hydrogen) atoms. The van der Waals surface area contributed by atoms with Crippen LogP contribution >= 0.6 is 0 Å². The van der Waals surface area contributed by atoms with Crippen LogP contribution < -0.4 is 0 Å². The summed E-state index contributed by atoms with van der Waals surface area (Å²) in [6, 6.07) is 0. The predicted molar refractivity (Wildman–Crippen MR) is 60.3 cm³/mol. The van der Waals surface area contributed by atoms with Crippen LogP contribution in [0.5, 0.6) is 0 Å². The number of carbonyl (C=O) groups excluding carboxylic acids is 1. The fourth-order valence-corrected chi connectivity index (χ4v) is 2.85. The summed E-state index contributed by atoms with van der Waals surface area (Å²) in [6.45, 7) is 0.945. The Bertz CT molecular complexity index is 318. The highest BCUT2D eigenvalue weighted by Gasteiger charge is 2.35. The molecule has 1 aliphatic carbocycles. The number of likely N-dealkylation sites (tertiary alicyclic amines) is 1. The Hall–Kier alpha value is -1.10. The van der Waals surface area contributed by atoms with Crippen LogP contribution in [0.25, 0.3) is 0 Å². The topological polar surface area (TPSA) is 77.8 Å². The van der Waals surface area contributed by atoms with E-state index in [9.17, 15) is 14.7 Å². The molecule has 1 heterocycles. The van der Waals surface area contributed by atoms with Gasteiger partial charge in [-0.25, -0.2) is 0 Å². The van der Waals surface area contributed by atoms with Gasteiger partial charge in [-0.3, -0.25) is 9.59 Å². The number of carboxylic acids is 1. The average molecular weight is 241 g/mol. The number of carbonyl (C=O) groups is 2. The van der Waals surface area contributed by atoms with Crippen molar-refractivity contribution in [1.82, 2.24) is 4.90 Å². The van der Waals surface area contributed by atoms with Crippen molar-refractivity contribution in [3.05, 3.63) is 0 Å². The monoisotopic (exact) mass is 241 g/mol. The van der Waals surface area contributed by atoms with Crippen molar-refractivity contribution in [1.29, 1.82) is 0 Å². The van der Waals surface area contributed by atoms with Crippen LogP contribution in [-0.4, -0.2) is 46.2 Å². The number of carboxylic acid groups (broad SMARTS) is 1. The molecular formula is C12H19NO4. The number of amides is 1. The zero-order valence-corrected chi connectivity index (χ0v) is 9.84. The normalized spacial score (nSPS) is 34.1. The number of rotatable bonds is 3. The van der Waals surface area contributed by atoms with Gasteiger partial charge in [-0.1, -0.05) is 6.42 Å². The van der Waals surface area contributed by atoms with Gasteiger partial charge in [0.2, 0.25) is 5.91 Å². The van der Waals surface area contributed by atoms with Crippen molar-refractivity contribution < 1.29 is 19.8 Å². The quantitative estimate of drug-likeness (QED) is 0.753. The molecule has 1 saturated carbocycles. The van der Waals surface area contributed by atoms with E-state index in [0.717, 1.165) is 25.7 Å². The maximum Gasteiger partial charge on any atom is 0.308 e. The second-order valence-corrected chi connectivity index (χ2v) is 5.22. The minimum Gasteiger partial charge on any atom is -0.481 e. The molecule has 1 saturated heterocycles. The lowest BCUT2D eigenvalue weighted by Crippen LogP contribution is -2.34. The summed E-state index contributed by atoms with van der Waals surface area (Å²) in [5.41, 5.74) is 0. The standard InChI is InChI=1S/C12H19NO4/c14-10-3-1-2-8(4-10)6-13-7-9(12(16)17)5-11(13)15/h8-10,14H,1-7H2,(H,16,17). The fraction of sp³-hybridized carbons (Fsp3) is 0.833. The van der Waals surface area contributed by atoms with Gasteiger partial charge in [-0.05, 0) is 25.2 Å². The Labute approximate surface area is 100 Å². The highest BCUT2D eigenvalue weighted by atomic mass is 16.4. The van der Waals surface area contributed by atoms with Crippen LogP contribution in [0.3, 0.4) is 0 Å². The minimum absolute atomic E-state index is 0.0579. The van der Waals surface area contributed by atoms with Gasteiger partial charge < -0.3 is 15.1 Å². The Morgan fingerprint density at radius 3 is 2.76 bits per heavy atom. The Kier molecular flexibility index (Phi) is 3.66. The smallest absolute Gasteiger partial charge is 0.308 e. The molecule has 2 rings (SSSR count). The predicted octanol–water partition coefficient (Wildman–Crippen LogP) is 0.471. The van der Waals surface area contributed by atoms with Gasteiger partial charge in [-0.15, -0.1) is 0 Å². The Morgan fingerprint density at radius 1 is 1.41 bits per heavy atom. The molecule has 0 radical (unpaired) electrons. The van der Waals surface area contributed by atoms with Crippen molar-refractivity contribution in [3.8, 4) is 0 Å². The van der Waals surface area contributed by atoms with Gasteiger partial charge >= 0.3 is 5.97 Å². The summed E-state index contributed by atoms with van der Waals surface area (Å²) in [5, 5.41) is 18.4. The summed E-state index contributed by atoms with van der Waals surface area (Å²) in [7, 11) is 0. The van der Waals surface area contributed by atoms with Gasteiger partial charge in [0.1, 0.15) is 0 Å². The molecule has 2 aliphatic rings. The molecule has 2 N–H and O–H groups in total. The molecule has 3 atom stereocenters. The molecular weight excluding hydrogens is 222 g/mol. The maximum atomic E-state index is 11.6. The van der Waals surface area contributed by atoms with E-state index in [4.69, 9.17) is 5.11 Å². The lowest BCUT2D eigenvalue weighted by atomic mass is 9.87. The lowest BCUT2D eigenvalue weighted by Gasteiger charge is -2.29. The molecule has 0 aromatic heterocycles. The molecule has 96 valence electrons. The third-order valence-corrected chi connectivity index (χ3v) is 3.80. The van der Waals surface area contributed by atoms with E-state index < -0.39 is 11.9 Å². The molecule has 0 spiro atoms. The summed E-state index contributed by atoms with van der Waals surface area (Å²) in [6.07, 6.45) is 3.49. The first-order valence-corrected chi connectivity index (χ1v) is 6.25. The van der Waals surface area contributed by atoms with E-state index >= 15 is 0 Å². The molecule has 0 aromatic carbocycles. The number of nitrogens with zero attached hydrogens (tertiary/aromatic N) is 1. The molecule has 0 aromatic rings. The van der Waals surface area contributed by atoms with Crippen LogP contribution in [-0.2, 0) is 9.59 Å². The van der Waals surface area contributed by atoms with Crippen molar-refractivity contribution in [2.45, 2.75) is 38.2 Å². The number of hydrogen-bond acceptors (Lipinski definition) is 3.